The highest BCUT2D eigenvalue weighted by Crippen LogP contribution is 2.32. The summed E-state index contributed by atoms with van der Waals surface area (Å²) in [5.41, 5.74) is 1.22. The molecule has 2 amide bonds. The Balaban J connectivity index is 1.68. The van der Waals surface area contributed by atoms with Crippen molar-refractivity contribution in [1.29, 1.82) is 0 Å². The van der Waals surface area contributed by atoms with Gasteiger partial charge in [0, 0.05) is 19.0 Å². The van der Waals surface area contributed by atoms with Crippen molar-refractivity contribution in [2.24, 2.45) is 11.8 Å². The maximum atomic E-state index is 12.5. The summed E-state index contributed by atoms with van der Waals surface area (Å²) in [6, 6.07) is 4.93. The minimum atomic E-state index is -1.07. The fourth-order valence-electron chi connectivity index (χ4n) is 3.16. The lowest BCUT2D eigenvalue weighted by atomic mass is 9.96. The van der Waals surface area contributed by atoms with Gasteiger partial charge in [0.25, 0.3) is 0 Å². The molecular weight excluding hydrogens is 308 g/mol. The van der Waals surface area contributed by atoms with Crippen LogP contribution in [-0.4, -0.2) is 40.9 Å². The van der Waals surface area contributed by atoms with Gasteiger partial charge in [-0.15, -0.1) is 0 Å². The first-order valence-corrected chi connectivity index (χ1v) is 8.39. The Bertz CT molecular complexity index is 682. The molecule has 2 N–H and O–H groups in total. The van der Waals surface area contributed by atoms with Gasteiger partial charge in [0.05, 0.1) is 17.2 Å². The number of amides is 2. The quantitative estimate of drug-likeness (QED) is 0.887. The van der Waals surface area contributed by atoms with Gasteiger partial charge in [-0.25, -0.2) is 4.79 Å². The van der Waals surface area contributed by atoms with Crippen LogP contribution in [0.4, 0.5) is 5.69 Å². The highest BCUT2D eigenvalue weighted by molar-refractivity contribution is 6.01. The molecule has 1 saturated heterocycles. The Kier molecular flexibility index (Phi) is 4.55. The molecule has 1 heterocycles. The summed E-state index contributed by atoms with van der Waals surface area (Å²) in [6.45, 7) is 2.94. The van der Waals surface area contributed by atoms with Crippen LogP contribution in [0.25, 0.3) is 0 Å². The standard InChI is InChI=1S/C18H22N2O4/c1-11-4-7-15(14(9-11)18(23)24)19-16(21)13-3-2-8-20(10-13)17(22)12-5-6-12/h4,7,9,12-13H,2-3,5-6,8,10H2,1H3,(H,19,21)(H,23,24). The normalized spacial score (nSPS) is 20.5. The van der Waals surface area contributed by atoms with Gasteiger partial charge in [0.2, 0.25) is 11.8 Å². The molecule has 0 spiro atoms. The van der Waals surface area contributed by atoms with E-state index >= 15 is 0 Å². The van der Waals surface area contributed by atoms with E-state index in [0.29, 0.717) is 25.2 Å². The van der Waals surface area contributed by atoms with Gasteiger partial charge in [-0.3, -0.25) is 9.59 Å². The highest BCUT2D eigenvalue weighted by Gasteiger charge is 2.36. The van der Waals surface area contributed by atoms with Crippen LogP contribution < -0.4 is 5.32 Å². The van der Waals surface area contributed by atoms with Crippen LogP contribution in [0.2, 0.25) is 0 Å². The minimum absolute atomic E-state index is 0.0880. The molecule has 1 aromatic carbocycles. The van der Waals surface area contributed by atoms with E-state index in [2.05, 4.69) is 5.32 Å². The lowest BCUT2D eigenvalue weighted by molar-refractivity contribution is -0.135. The van der Waals surface area contributed by atoms with Gasteiger partial charge < -0.3 is 15.3 Å². The fourth-order valence-corrected chi connectivity index (χ4v) is 3.16. The first-order valence-electron chi connectivity index (χ1n) is 8.39. The molecule has 0 bridgehead atoms. The average molecular weight is 330 g/mol. The predicted molar refractivity (Wildman–Crippen MR) is 88.8 cm³/mol. The summed E-state index contributed by atoms with van der Waals surface area (Å²) in [7, 11) is 0. The molecule has 2 fully saturated rings. The van der Waals surface area contributed by atoms with E-state index in [0.717, 1.165) is 24.8 Å². The van der Waals surface area contributed by atoms with Gasteiger partial charge in [-0.2, -0.15) is 0 Å². The van der Waals surface area contributed by atoms with E-state index in [9.17, 15) is 19.5 Å². The number of benzene rings is 1. The first-order chi connectivity index (χ1) is 11.5. The molecule has 6 nitrogen and oxygen atoms in total. The van der Waals surface area contributed by atoms with Gasteiger partial charge in [0.1, 0.15) is 0 Å². The average Bonchev–Trinajstić information content (AvgIpc) is 3.40. The topological polar surface area (TPSA) is 86.7 Å². The van der Waals surface area contributed by atoms with Crippen molar-refractivity contribution < 1.29 is 19.5 Å². The number of piperidine rings is 1. The first kappa shape index (κ1) is 16.5. The molecule has 0 radical (unpaired) electrons. The summed E-state index contributed by atoms with van der Waals surface area (Å²) in [6.07, 6.45) is 3.43. The second-order valence-electron chi connectivity index (χ2n) is 6.74. The lowest BCUT2D eigenvalue weighted by Crippen LogP contribution is -2.44. The number of likely N-dealkylation sites (tertiary alicyclic amines) is 1. The molecule has 6 heteroatoms. The van der Waals surface area contributed by atoms with Crippen molar-refractivity contribution in [1.82, 2.24) is 4.90 Å². The van der Waals surface area contributed by atoms with Crippen LogP contribution in [0.1, 0.15) is 41.6 Å². The van der Waals surface area contributed by atoms with Crippen molar-refractivity contribution in [2.45, 2.75) is 32.6 Å². The summed E-state index contributed by atoms with van der Waals surface area (Å²) < 4.78 is 0. The Morgan fingerprint density at radius 2 is 1.92 bits per heavy atom. The van der Waals surface area contributed by atoms with Crippen LogP contribution in [0.5, 0.6) is 0 Å². The Hall–Kier alpha value is -2.37. The van der Waals surface area contributed by atoms with E-state index < -0.39 is 5.97 Å². The van der Waals surface area contributed by atoms with Crippen molar-refractivity contribution in [2.75, 3.05) is 18.4 Å². The maximum Gasteiger partial charge on any atom is 0.337 e. The third kappa shape index (κ3) is 3.58. The second-order valence-corrected chi connectivity index (χ2v) is 6.74. The van der Waals surface area contributed by atoms with Crippen molar-refractivity contribution in [3.8, 4) is 0 Å². The van der Waals surface area contributed by atoms with Crippen LogP contribution in [-0.2, 0) is 9.59 Å². The minimum Gasteiger partial charge on any atom is -0.478 e. The molecule has 24 heavy (non-hydrogen) atoms. The lowest BCUT2D eigenvalue weighted by Gasteiger charge is -2.32. The number of carbonyl (C=O) groups excluding carboxylic acids is 2. The van der Waals surface area contributed by atoms with Crippen LogP contribution >= 0.6 is 0 Å². The zero-order chi connectivity index (χ0) is 17.3. The third-order valence-corrected chi connectivity index (χ3v) is 4.69. The number of aryl methyl sites for hydroxylation is 1. The van der Waals surface area contributed by atoms with Gasteiger partial charge in [-0.05, 0) is 44.7 Å². The summed E-state index contributed by atoms with van der Waals surface area (Å²) in [5, 5.41) is 12.0. The molecule has 2 aliphatic rings. The summed E-state index contributed by atoms with van der Waals surface area (Å²) >= 11 is 0. The smallest absolute Gasteiger partial charge is 0.337 e. The van der Waals surface area contributed by atoms with E-state index in [1.807, 2.05) is 0 Å². The maximum absolute atomic E-state index is 12.5. The number of carboxylic acids is 1. The van der Waals surface area contributed by atoms with Crippen molar-refractivity contribution in [3.05, 3.63) is 29.3 Å². The molecule has 128 valence electrons. The number of hydrogen-bond acceptors (Lipinski definition) is 3. The SMILES string of the molecule is Cc1ccc(NC(=O)C2CCCN(C(=O)C3CC3)C2)c(C(=O)O)c1. The second kappa shape index (κ2) is 6.63. The van der Waals surface area contributed by atoms with Gasteiger partial charge >= 0.3 is 5.97 Å². The number of nitrogens with one attached hydrogen (secondary N) is 1. The molecule has 3 rings (SSSR count). The van der Waals surface area contributed by atoms with Crippen LogP contribution in [0.3, 0.4) is 0 Å². The van der Waals surface area contributed by atoms with Gasteiger partial charge in [0.15, 0.2) is 0 Å². The fraction of sp³-hybridized carbons (Fsp3) is 0.500. The molecule has 1 unspecified atom stereocenters. The molecule has 1 aliphatic carbocycles. The van der Waals surface area contributed by atoms with E-state index in [4.69, 9.17) is 0 Å². The molecule has 1 aromatic rings. The number of aromatic carboxylic acids is 1. The number of hydrogen-bond donors (Lipinski definition) is 2. The molecular formula is C18H22N2O4. The Labute approximate surface area is 140 Å². The monoisotopic (exact) mass is 330 g/mol. The largest absolute Gasteiger partial charge is 0.478 e. The predicted octanol–water partition coefficient (Wildman–Crippen LogP) is 2.28. The zero-order valence-electron chi connectivity index (χ0n) is 13.7. The van der Waals surface area contributed by atoms with E-state index in [1.54, 1.807) is 30.0 Å². The Morgan fingerprint density at radius 3 is 2.58 bits per heavy atom. The van der Waals surface area contributed by atoms with Crippen LogP contribution in [0, 0.1) is 18.8 Å². The number of carbonyl (C=O) groups is 3. The number of rotatable bonds is 4. The van der Waals surface area contributed by atoms with E-state index in [-0.39, 0.29) is 29.2 Å². The molecule has 1 aliphatic heterocycles. The third-order valence-electron chi connectivity index (χ3n) is 4.69. The number of carboxylic acid groups (broad SMARTS) is 1. The highest BCUT2D eigenvalue weighted by atomic mass is 16.4. The van der Waals surface area contributed by atoms with E-state index in [1.165, 1.54) is 0 Å². The molecule has 0 aromatic heterocycles. The van der Waals surface area contributed by atoms with Crippen molar-refractivity contribution >= 4 is 23.5 Å². The van der Waals surface area contributed by atoms with Crippen LogP contribution in [0.15, 0.2) is 18.2 Å². The summed E-state index contributed by atoms with van der Waals surface area (Å²) in [4.78, 5) is 37.9. The summed E-state index contributed by atoms with van der Waals surface area (Å²) in [5.74, 6) is -1.25. The molecule has 1 atom stereocenters. The van der Waals surface area contributed by atoms with Crippen molar-refractivity contribution in [3.63, 3.8) is 0 Å². The molecule has 1 saturated carbocycles. The number of anilines is 1. The number of nitrogens with zero attached hydrogens (tertiary/aromatic N) is 1. The van der Waals surface area contributed by atoms with Gasteiger partial charge in [-0.1, -0.05) is 11.6 Å². The Morgan fingerprint density at radius 1 is 1.17 bits per heavy atom. The zero-order valence-corrected chi connectivity index (χ0v) is 13.7.